The van der Waals surface area contributed by atoms with Crippen LogP contribution in [-0.2, 0) is 21.8 Å². The summed E-state index contributed by atoms with van der Waals surface area (Å²) in [6.45, 7) is 1.20. The quantitative estimate of drug-likeness (QED) is 0.806. The Morgan fingerprint density at radius 1 is 1.40 bits per heavy atom. The van der Waals surface area contributed by atoms with Crippen molar-refractivity contribution in [3.8, 4) is 5.75 Å². The van der Waals surface area contributed by atoms with Gasteiger partial charge in [-0.05, 0) is 31.2 Å². The van der Waals surface area contributed by atoms with Gasteiger partial charge in [-0.1, -0.05) is 16.0 Å². The van der Waals surface area contributed by atoms with E-state index in [0.717, 1.165) is 12.0 Å². The molecule has 1 fully saturated rings. The third kappa shape index (κ3) is 3.91. The zero-order valence-electron chi connectivity index (χ0n) is 10.9. The number of amides is 1. The molecular weight excluding hydrogens is 287 g/mol. The molecule has 0 saturated carbocycles. The summed E-state index contributed by atoms with van der Waals surface area (Å²) >= 11 is 0. The van der Waals surface area contributed by atoms with Crippen LogP contribution < -0.4 is 9.50 Å². The standard InChI is InChI=1S/C12H15FN2O4S/c1-15(11-6-7-14-12(11)16)8-9-2-4-10(5-3-9)19-20(13,17)18/h2-5,11H,6-8H2,1H3,(H,14,16). The van der Waals surface area contributed by atoms with Gasteiger partial charge in [0.05, 0.1) is 6.04 Å². The number of nitrogens with one attached hydrogen (secondary N) is 1. The van der Waals surface area contributed by atoms with E-state index < -0.39 is 10.5 Å². The maximum absolute atomic E-state index is 12.3. The lowest BCUT2D eigenvalue weighted by atomic mass is 10.1. The van der Waals surface area contributed by atoms with Crippen molar-refractivity contribution in [3.05, 3.63) is 29.8 Å². The van der Waals surface area contributed by atoms with Gasteiger partial charge in [0.15, 0.2) is 0 Å². The number of nitrogens with zero attached hydrogens (tertiary/aromatic N) is 1. The Hall–Kier alpha value is -1.67. The second kappa shape index (κ2) is 5.76. The number of rotatable bonds is 5. The van der Waals surface area contributed by atoms with Crippen LogP contribution in [0, 0.1) is 0 Å². The van der Waals surface area contributed by atoms with Crippen LogP contribution in [0.3, 0.4) is 0 Å². The van der Waals surface area contributed by atoms with E-state index in [-0.39, 0.29) is 17.7 Å². The fraction of sp³-hybridized carbons (Fsp3) is 0.417. The molecule has 0 aromatic heterocycles. The van der Waals surface area contributed by atoms with Crippen molar-refractivity contribution in [2.24, 2.45) is 0 Å². The lowest BCUT2D eigenvalue weighted by Gasteiger charge is -2.21. The molecule has 1 aliphatic rings. The van der Waals surface area contributed by atoms with Crippen LogP contribution >= 0.6 is 0 Å². The Balaban J connectivity index is 1.98. The van der Waals surface area contributed by atoms with Gasteiger partial charge in [-0.3, -0.25) is 9.69 Å². The minimum absolute atomic E-state index is 0.0102. The third-order valence-electron chi connectivity index (χ3n) is 3.10. The molecule has 0 radical (unpaired) electrons. The number of halogens is 1. The summed E-state index contributed by atoms with van der Waals surface area (Å²) in [5, 5.41) is 2.76. The van der Waals surface area contributed by atoms with E-state index in [1.54, 1.807) is 12.1 Å². The molecule has 110 valence electrons. The smallest absolute Gasteiger partial charge is 0.358 e. The molecule has 1 aliphatic heterocycles. The molecule has 0 bridgehead atoms. The number of carbonyl (C=O) groups is 1. The minimum atomic E-state index is -5.00. The van der Waals surface area contributed by atoms with Gasteiger partial charge in [-0.25, -0.2) is 0 Å². The summed E-state index contributed by atoms with van der Waals surface area (Å²) in [4.78, 5) is 13.4. The molecule has 1 aromatic rings. The van der Waals surface area contributed by atoms with E-state index >= 15 is 0 Å². The highest BCUT2D eigenvalue weighted by molar-refractivity contribution is 7.81. The number of likely N-dealkylation sites (N-methyl/N-ethyl adjacent to an activating group) is 1. The average Bonchev–Trinajstić information content (AvgIpc) is 2.76. The van der Waals surface area contributed by atoms with Crippen LogP contribution in [0.4, 0.5) is 3.89 Å². The highest BCUT2D eigenvalue weighted by Crippen LogP contribution is 2.17. The van der Waals surface area contributed by atoms with Gasteiger partial charge in [0.1, 0.15) is 5.75 Å². The van der Waals surface area contributed by atoms with Gasteiger partial charge in [-0.15, -0.1) is 0 Å². The van der Waals surface area contributed by atoms with E-state index in [4.69, 9.17) is 0 Å². The van der Waals surface area contributed by atoms with Crippen molar-refractivity contribution in [1.82, 2.24) is 10.2 Å². The molecular formula is C12H15FN2O4S. The average molecular weight is 302 g/mol. The summed E-state index contributed by atoms with van der Waals surface area (Å²) in [7, 11) is -3.16. The van der Waals surface area contributed by atoms with Gasteiger partial charge >= 0.3 is 10.5 Å². The molecule has 1 atom stereocenters. The second-order valence-corrected chi connectivity index (χ2v) is 5.58. The van der Waals surface area contributed by atoms with Crippen LogP contribution in [0.25, 0.3) is 0 Å². The molecule has 2 rings (SSSR count). The highest BCUT2D eigenvalue weighted by atomic mass is 32.3. The fourth-order valence-electron chi connectivity index (χ4n) is 2.17. The van der Waals surface area contributed by atoms with E-state index in [9.17, 15) is 17.1 Å². The van der Waals surface area contributed by atoms with Crippen LogP contribution in [0.1, 0.15) is 12.0 Å². The van der Waals surface area contributed by atoms with Crippen molar-refractivity contribution in [1.29, 1.82) is 0 Å². The van der Waals surface area contributed by atoms with Gasteiger partial charge in [0.25, 0.3) is 0 Å². The normalized spacial score (nSPS) is 19.1. The van der Waals surface area contributed by atoms with Crippen molar-refractivity contribution in [2.45, 2.75) is 19.0 Å². The Morgan fingerprint density at radius 2 is 2.05 bits per heavy atom. The van der Waals surface area contributed by atoms with Crippen molar-refractivity contribution >= 4 is 16.4 Å². The summed E-state index contributed by atoms with van der Waals surface area (Å²) in [5.41, 5.74) is 0.871. The molecule has 1 aromatic carbocycles. The predicted molar refractivity (Wildman–Crippen MR) is 70.0 cm³/mol. The van der Waals surface area contributed by atoms with Gasteiger partial charge in [0, 0.05) is 13.1 Å². The Kier molecular flexibility index (Phi) is 4.24. The Labute approximate surface area is 116 Å². The molecule has 1 N–H and O–H groups in total. The Bertz CT molecular complexity index is 588. The van der Waals surface area contributed by atoms with Gasteiger partial charge < -0.3 is 9.50 Å². The number of hydrogen-bond acceptors (Lipinski definition) is 5. The van der Waals surface area contributed by atoms with Crippen molar-refractivity contribution < 1.29 is 21.3 Å². The fourth-order valence-corrected chi connectivity index (χ4v) is 2.51. The number of carbonyl (C=O) groups excluding carboxylic acids is 1. The van der Waals surface area contributed by atoms with E-state index in [1.807, 2.05) is 11.9 Å². The van der Waals surface area contributed by atoms with Crippen LogP contribution in [0.2, 0.25) is 0 Å². The minimum Gasteiger partial charge on any atom is -0.358 e. The van der Waals surface area contributed by atoms with E-state index in [0.29, 0.717) is 13.1 Å². The predicted octanol–water partition coefficient (Wildman–Crippen LogP) is 0.600. The molecule has 1 amide bonds. The molecule has 20 heavy (non-hydrogen) atoms. The van der Waals surface area contributed by atoms with E-state index in [2.05, 4.69) is 9.50 Å². The summed E-state index contributed by atoms with van der Waals surface area (Å²) in [5.74, 6) is -0.0755. The lowest BCUT2D eigenvalue weighted by Crippen LogP contribution is -2.37. The monoisotopic (exact) mass is 302 g/mol. The molecule has 0 aliphatic carbocycles. The van der Waals surface area contributed by atoms with Crippen molar-refractivity contribution in [2.75, 3.05) is 13.6 Å². The summed E-state index contributed by atoms with van der Waals surface area (Å²) in [6.07, 6.45) is 0.761. The third-order valence-corrected chi connectivity index (χ3v) is 3.49. The van der Waals surface area contributed by atoms with Crippen molar-refractivity contribution in [3.63, 3.8) is 0 Å². The molecule has 1 heterocycles. The zero-order chi connectivity index (χ0) is 14.8. The maximum Gasteiger partial charge on any atom is 0.488 e. The highest BCUT2D eigenvalue weighted by Gasteiger charge is 2.27. The first-order chi connectivity index (χ1) is 9.35. The van der Waals surface area contributed by atoms with Gasteiger partial charge in [0.2, 0.25) is 5.91 Å². The molecule has 0 spiro atoms. The lowest BCUT2D eigenvalue weighted by molar-refractivity contribution is -0.123. The number of hydrogen-bond donors (Lipinski definition) is 1. The maximum atomic E-state index is 12.3. The molecule has 1 saturated heterocycles. The Morgan fingerprint density at radius 3 is 2.55 bits per heavy atom. The molecule has 6 nitrogen and oxygen atoms in total. The van der Waals surface area contributed by atoms with E-state index in [1.165, 1.54) is 12.1 Å². The first-order valence-electron chi connectivity index (χ1n) is 6.06. The van der Waals surface area contributed by atoms with Crippen LogP contribution in [0.5, 0.6) is 5.75 Å². The number of benzene rings is 1. The summed E-state index contributed by atoms with van der Waals surface area (Å²) in [6, 6.07) is 5.84. The first-order valence-corrected chi connectivity index (χ1v) is 7.37. The topological polar surface area (TPSA) is 75.7 Å². The first kappa shape index (κ1) is 14.7. The van der Waals surface area contributed by atoms with Crippen LogP contribution in [-0.4, -0.2) is 38.9 Å². The van der Waals surface area contributed by atoms with Gasteiger partial charge in [-0.2, -0.15) is 8.42 Å². The molecule has 1 unspecified atom stereocenters. The molecule has 8 heteroatoms. The SMILES string of the molecule is CN(Cc1ccc(OS(=O)(=O)F)cc1)C1CCNC1=O. The summed E-state index contributed by atoms with van der Waals surface area (Å²) < 4.78 is 37.1. The van der Waals surface area contributed by atoms with Crippen LogP contribution in [0.15, 0.2) is 24.3 Å². The zero-order valence-corrected chi connectivity index (χ0v) is 11.7. The second-order valence-electron chi connectivity index (χ2n) is 4.63. The largest absolute Gasteiger partial charge is 0.488 e.